The standard InChI is InChI=1S/C19H24N2O2S/c1-12-8-9-15(10-13(12)2)14(3)20-18(22)11-21-16-6-4-5-7-17(16)24-19(21)23/h8-10,14H,4-7,11H2,1-3H3,(H,20,22)/t14-/m0/s1. The van der Waals surface area contributed by atoms with Gasteiger partial charge in [-0.3, -0.25) is 14.2 Å². The van der Waals surface area contributed by atoms with Crippen molar-refractivity contribution in [1.82, 2.24) is 9.88 Å². The minimum Gasteiger partial charge on any atom is -0.348 e. The second kappa shape index (κ2) is 6.93. The largest absolute Gasteiger partial charge is 0.348 e. The van der Waals surface area contributed by atoms with E-state index in [-0.39, 0.29) is 23.4 Å². The molecule has 0 aliphatic heterocycles. The molecule has 128 valence electrons. The van der Waals surface area contributed by atoms with Crippen molar-refractivity contribution in [2.75, 3.05) is 0 Å². The Balaban J connectivity index is 1.70. The highest BCUT2D eigenvalue weighted by Crippen LogP contribution is 2.23. The first kappa shape index (κ1) is 17.0. The van der Waals surface area contributed by atoms with Gasteiger partial charge >= 0.3 is 4.87 Å². The lowest BCUT2D eigenvalue weighted by Crippen LogP contribution is -2.33. The van der Waals surface area contributed by atoms with Crippen LogP contribution in [-0.2, 0) is 24.2 Å². The van der Waals surface area contributed by atoms with Crippen LogP contribution >= 0.6 is 11.3 Å². The van der Waals surface area contributed by atoms with E-state index in [2.05, 4.69) is 31.3 Å². The third-order valence-electron chi connectivity index (χ3n) is 4.86. The van der Waals surface area contributed by atoms with Crippen LogP contribution in [0.4, 0.5) is 0 Å². The molecule has 0 spiro atoms. The third kappa shape index (κ3) is 3.46. The number of nitrogens with one attached hydrogen (secondary N) is 1. The fourth-order valence-corrected chi connectivity index (χ4v) is 4.31. The molecule has 0 saturated heterocycles. The molecule has 3 rings (SSSR count). The van der Waals surface area contributed by atoms with Gasteiger partial charge in [-0.25, -0.2) is 0 Å². The average molecular weight is 344 g/mol. The average Bonchev–Trinajstić information content (AvgIpc) is 2.86. The van der Waals surface area contributed by atoms with Crippen LogP contribution in [0.3, 0.4) is 0 Å². The molecule has 0 unspecified atom stereocenters. The molecule has 1 N–H and O–H groups in total. The minimum atomic E-state index is -0.103. The Labute approximate surface area is 146 Å². The lowest BCUT2D eigenvalue weighted by molar-refractivity contribution is -0.122. The monoisotopic (exact) mass is 344 g/mol. The first-order valence-electron chi connectivity index (χ1n) is 8.53. The fourth-order valence-electron chi connectivity index (χ4n) is 3.24. The van der Waals surface area contributed by atoms with Crippen molar-refractivity contribution in [1.29, 1.82) is 0 Å². The third-order valence-corrected chi connectivity index (χ3v) is 5.94. The highest BCUT2D eigenvalue weighted by Gasteiger charge is 2.20. The summed E-state index contributed by atoms with van der Waals surface area (Å²) in [7, 11) is 0. The van der Waals surface area contributed by atoms with Crippen LogP contribution in [0.5, 0.6) is 0 Å². The summed E-state index contributed by atoms with van der Waals surface area (Å²) in [6, 6.07) is 6.17. The number of amides is 1. The molecule has 1 aliphatic rings. The van der Waals surface area contributed by atoms with Gasteiger partial charge in [0, 0.05) is 10.6 Å². The number of benzene rings is 1. The summed E-state index contributed by atoms with van der Waals surface area (Å²) in [6.45, 7) is 6.26. The van der Waals surface area contributed by atoms with Crippen molar-refractivity contribution in [2.24, 2.45) is 0 Å². The normalized spacial score (nSPS) is 15.0. The van der Waals surface area contributed by atoms with Crippen molar-refractivity contribution in [2.45, 2.75) is 59.0 Å². The Morgan fingerprint density at radius 1 is 1.25 bits per heavy atom. The Morgan fingerprint density at radius 3 is 2.75 bits per heavy atom. The van der Waals surface area contributed by atoms with Crippen molar-refractivity contribution in [3.05, 3.63) is 55.1 Å². The van der Waals surface area contributed by atoms with Gasteiger partial charge in [-0.15, -0.1) is 0 Å². The van der Waals surface area contributed by atoms with Gasteiger partial charge in [-0.2, -0.15) is 0 Å². The number of fused-ring (bicyclic) bond motifs is 1. The number of thiazole rings is 1. The summed E-state index contributed by atoms with van der Waals surface area (Å²) in [6.07, 6.45) is 4.13. The SMILES string of the molecule is Cc1ccc([C@H](C)NC(=O)Cn2c3c(sc2=O)CCCC3)cc1C. The molecule has 1 amide bonds. The summed E-state index contributed by atoms with van der Waals surface area (Å²) in [4.78, 5) is 25.8. The second-order valence-corrected chi connectivity index (χ2v) is 7.71. The van der Waals surface area contributed by atoms with Gasteiger partial charge in [0.05, 0.1) is 6.04 Å². The number of aryl methyl sites for hydroxylation is 3. The van der Waals surface area contributed by atoms with E-state index in [0.29, 0.717) is 0 Å². The van der Waals surface area contributed by atoms with E-state index < -0.39 is 0 Å². The van der Waals surface area contributed by atoms with E-state index in [1.807, 2.05) is 13.0 Å². The van der Waals surface area contributed by atoms with E-state index in [1.54, 1.807) is 4.57 Å². The summed E-state index contributed by atoms with van der Waals surface area (Å²) >= 11 is 1.31. The Hall–Kier alpha value is -1.88. The maximum absolute atomic E-state index is 12.4. The van der Waals surface area contributed by atoms with Crippen molar-refractivity contribution < 1.29 is 4.79 Å². The van der Waals surface area contributed by atoms with Gasteiger partial charge in [-0.1, -0.05) is 29.5 Å². The van der Waals surface area contributed by atoms with Crippen LogP contribution in [-0.4, -0.2) is 10.5 Å². The summed E-state index contributed by atoms with van der Waals surface area (Å²) in [5, 5.41) is 3.02. The smallest absolute Gasteiger partial charge is 0.308 e. The highest BCUT2D eigenvalue weighted by molar-refractivity contribution is 7.09. The molecule has 0 bridgehead atoms. The van der Waals surface area contributed by atoms with Gasteiger partial charge in [0.2, 0.25) is 5.91 Å². The highest BCUT2D eigenvalue weighted by atomic mass is 32.1. The zero-order valence-corrected chi connectivity index (χ0v) is 15.3. The predicted molar refractivity (Wildman–Crippen MR) is 97.7 cm³/mol. The first-order valence-corrected chi connectivity index (χ1v) is 9.35. The zero-order chi connectivity index (χ0) is 17.3. The van der Waals surface area contributed by atoms with Crippen molar-refractivity contribution in [3.63, 3.8) is 0 Å². The molecule has 1 aliphatic carbocycles. The number of aromatic nitrogens is 1. The number of hydrogen-bond acceptors (Lipinski definition) is 3. The molecule has 1 aromatic carbocycles. The van der Waals surface area contributed by atoms with E-state index in [0.717, 1.165) is 36.9 Å². The number of hydrogen-bond donors (Lipinski definition) is 1. The Bertz CT molecular complexity index is 819. The van der Waals surface area contributed by atoms with Gasteiger partial charge in [0.1, 0.15) is 6.54 Å². The van der Waals surface area contributed by atoms with Gasteiger partial charge in [-0.05, 0) is 63.1 Å². The van der Waals surface area contributed by atoms with Crippen LogP contribution in [0.1, 0.15) is 53.1 Å². The number of carbonyl (C=O) groups is 1. The van der Waals surface area contributed by atoms with Gasteiger partial charge in [0.25, 0.3) is 0 Å². The number of nitrogens with zero attached hydrogens (tertiary/aromatic N) is 1. The van der Waals surface area contributed by atoms with Crippen molar-refractivity contribution in [3.8, 4) is 0 Å². The first-order chi connectivity index (χ1) is 11.5. The predicted octanol–water partition coefficient (Wildman–Crippen LogP) is 3.28. The quantitative estimate of drug-likeness (QED) is 0.925. The molecule has 5 heteroatoms. The molecule has 24 heavy (non-hydrogen) atoms. The molecular weight excluding hydrogens is 320 g/mol. The molecule has 1 atom stereocenters. The maximum atomic E-state index is 12.4. The summed E-state index contributed by atoms with van der Waals surface area (Å²) in [5.41, 5.74) is 4.63. The molecule has 1 aromatic heterocycles. The molecular formula is C19H24N2O2S. The van der Waals surface area contributed by atoms with E-state index >= 15 is 0 Å². The molecule has 0 saturated carbocycles. The number of rotatable bonds is 4. The lowest BCUT2D eigenvalue weighted by atomic mass is 10.0. The van der Waals surface area contributed by atoms with E-state index in [1.165, 1.54) is 27.3 Å². The van der Waals surface area contributed by atoms with E-state index in [4.69, 9.17) is 0 Å². The summed E-state index contributed by atoms with van der Waals surface area (Å²) < 4.78 is 1.67. The fraction of sp³-hybridized carbons (Fsp3) is 0.474. The van der Waals surface area contributed by atoms with Crippen LogP contribution in [0.2, 0.25) is 0 Å². The topological polar surface area (TPSA) is 51.1 Å². The van der Waals surface area contributed by atoms with Crippen molar-refractivity contribution >= 4 is 17.2 Å². The van der Waals surface area contributed by atoms with E-state index in [9.17, 15) is 9.59 Å². The summed E-state index contributed by atoms with van der Waals surface area (Å²) in [5.74, 6) is -0.103. The molecule has 0 fully saturated rings. The van der Waals surface area contributed by atoms with Crippen LogP contribution < -0.4 is 10.2 Å². The minimum absolute atomic E-state index is 0.00381. The lowest BCUT2D eigenvalue weighted by Gasteiger charge is -2.17. The van der Waals surface area contributed by atoms with Crippen LogP contribution in [0, 0.1) is 13.8 Å². The van der Waals surface area contributed by atoms with Crippen LogP contribution in [0.25, 0.3) is 0 Å². The second-order valence-electron chi connectivity index (χ2n) is 6.66. The Kier molecular flexibility index (Phi) is 4.90. The molecule has 4 nitrogen and oxygen atoms in total. The van der Waals surface area contributed by atoms with Gasteiger partial charge < -0.3 is 5.32 Å². The van der Waals surface area contributed by atoms with Gasteiger partial charge in [0.15, 0.2) is 0 Å². The Morgan fingerprint density at radius 2 is 2.00 bits per heavy atom. The van der Waals surface area contributed by atoms with Crippen LogP contribution in [0.15, 0.2) is 23.0 Å². The molecule has 1 heterocycles. The number of carbonyl (C=O) groups excluding carboxylic acids is 1. The molecule has 2 aromatic rings. The molecule has 0 radical (unpaired) electrons. The zero-order valence-electron chi connectivity index (χ0n) is 14.5. The maximum Gasteiger partial charge on any atom is 0.308 e.